The van der Waals surface area contributed by atoms with Gasteiger partial charge in [0, 0.05) is 0 Å². The first-order valence-corrected chi connectivity index (χ1v) is 5.96. The Morgan fingerprint density at radius 3 is 3.06 bits per heavy atom. The monoisotopic (exact) mass is 243 g/mol. The number of carbonyl (C=O) groups excluding carboxylic acids is 1. The normalized spacial score (nSPS) is 17.0. The Morgan fingerprint density at radius 1 is 1.41 bits per heavy atom. The molecule has 1 aromatic heterocycles. The van der Waals surface area contributed by atoms with Crippen LogP contribution in [0.15, 0.2) is 28.9 Å². The number of aromatic nitrogens is 1. The van der Waals surface area contributed by atoms with Gasteiger partial charge >= 0.3 is 0 Å². The first-order valence-electron chi connectivity index (χ1n) is 5.15. The Balaban J connectivity index is 2.06. The number of thiazole rings is 1. The molecule has 1 aromatic carbocycles. The second-order valence-electron chi connectivity index (χ2n) is 3.72. The van der Waals surface area contributed by atoms with Gasteiger partial charge in [-0.25, -0.2) is 9.98 Å². The van der Waals surface area contributed by atoms with Crippen molar-refractivity contribution in [3.05, 3.63) is 34.5 Å². The fraction of sp³-hybridized carbons (Fsp3) is 0.0833. The van der Waals surface area contributed by atoms with Crippen LogP contribution in [0.1, 0.15) is 10.6 Å². The molecular formula is C12H9N3OS. The number of carbonyl (C=O) groups is 1. The number of benzene rings is 1. The molecule has 0 unspecified atom stereocenters. The fourth-order valence-electron chi connectivity index (χ4n) is 1.70. The van der Waals surface area contributed by atoms with E-state index in [9.17, 15) is 4.79 Å². The SMILES string of the molecule is Cc1nc2ccc(C=C3N=CNC3=O)cc2s1. The summed E-state index contributed by atoms with van der Waals surface area (Å²) in [6.45, 7) is 1.98. The van der Waals surface area contributed by atoms with Crippen LogP contribution in [0.5, 0.6) is 0 Å². The van der Waals surface area contributed by atoms with Gasteiger partial charge in [0.05, 0.1) is 21.6 Å². The highest BCUT2D eigenvalue weighted by atomic mass is 32.1. The summed E-state index contributed by atoms with van der Waals surface area (Å²) in [5.74, 6) is -0.161. The van der Waals surface area contributed by atoms with Gasteiger partial charge in [0.15, 0.2) is 0 Å². The van der Waals surface area contributed by atoms with E-state index in [-0.39, 0.29) is 5.91 Å². The molecule has 3 rings (SSSR count). The van der Waals surface area contributed by atoms with E-state index >= 15 is 0 Å². The zero-order valence-corrected chi connectivity index (χ0v) is 9.91. The van der Waals surface area contributed by atoms with Gasteiger partial charge in [-0.1, -0.05) is 6.07 Å². The van der Waals surface area contributed by atoms with Crippen molar-refractivity contribution in [2.24, 2.45) is 4.99 Å². The highest BCUT2D eigenvalue weighted by Crippen LogP contribution is 2.23. The number of hydrogen-bond donors (Lipinski definition) is 1. The van der Waals surface area contributed by atoms with Crippen molar-refractivity contribution in [3.63, 3.8) is 0 Å². The summed E-state index contributed by atoms with van der Waals surface area (Å²) in [5, 5.41) is 3.57. The van der Waals surface area contributed by atoms with Gasteiger partial charge in [0.1, 0.15) is 5.70 Å². The third-order valence-corrected chi connectivity index (χ3v) is 3.39. The van der Waals surface area contributed by atoms with Crippen molar-refractivity contribution in [2.45, 2.75) is 6.92 Å². The molecule has 1 N–H and O–H groups in total. The molecule has 0 saturated carbocycles. The van der Waals surface area contributed by atoms with E-state index in [0.717, 1.165) is 20.8 Å². The lowest BCUT2D eigenvalue weighted by atomic mass is 10.2. The number of hydrogen-bond acceptors (Lipinski definition) is 4. The summed E-state index contributed by atoms with van der Waals surface area (Å²) in [4.78, 5) is 19.7. The maximum absolute atomic E-state index is 11.3. The van der Waals surface area contributed by atoms with Gasteiger partial charge in [0.2, 0.25) is 0 Å². The lowest BCUT2D eigenvalue weighted by Gasteiger charge is -1.94. The van der Waals surface area contributed by atoms with Gasteiger partial charge in [-0.05, 0) is 30.7 Å². The van der Waals surface area contributed by atoms with Crippen LogP contribution in [0, 0.1) is 6.92 Å². The van der Waals surface area contributed by atoms with Crippen molar-refractivity contribution in [2.75, 3.05) is 0 Å². The molecule has 2 aromatic rings. The van der Waals surface area contributed by atoms with Crippen LogP contribution >= 0.6 is 11.3 Å². The third kappa shape index (κ3) is 1.85. The molecule has 0 spiro atoms. The van der Waals surface area contributed by atoms with Crippen LogP contribution in [-0.2, 0) is 4.79 Å². The van der Waals surface area contributed by atoms with E-state index in [1.165, 1.54) is 6.34 Å². The van der Waals surface area contributed by atoms with Gasteiger partial charge in [0.25, 0.3) is 5.91 Å². The lowest BCUT2D eigenvalue weighted by molar-refractivity contribution is -0.115. The molecule has 0 saturated heterocycles. The van der Waals surface area contributed by atoms with Gasteiger partial charge in [-0.2, -0.15) is 0 Å². The molecule has 1 aliphatic rings. The second kappa shape index (κ2) is 3.78. The number of rotatable bonds is 1. The number of amides is 1. The van der Waals surface area contributed by atoms with Gasteiger partial charge < -0.3 is 5.32 Å². The standard InChI is InChI=1S/C12H9N3OS/c1-7-15-9-3-2-8(5-11(9)17-7)4-10-12(16)14-6-13-10/h2-6H,1H3,(H,13,14,16). The molecule has 0 bridgehead atoms. The van der Waals surface area contributed by atoms with Crippen LogP contribution in [0.2, 0.25) is 0 Å². The summed E-state index contributed by atoms with van der Waals surface area (Å²) >= 11 is 1.65. The van der Waals surface area contributed by atoms with Gasteiger partial charge in [-0.15, -0.1) is 11.3 Å². The summed E-state index contributed by atoms with van der Waals surface area (Å²) in [6, 6.07) is 5.92. The molecule has 1 amide bonds. The van der Waals surface area contributed by atoms with Crippen LogP contribution in [0.3, 0.4) is 0 Å². The highest BCUT2D eigenvalue weighted by Gasteiger charge is 2.11. The Morgan fingerprint density at radius 2 is 2.29 bits per heavy atom. The molecule has 1 aliphatic heterocycles. The molecule has 17 heavy (non-hydrogen) atoms. The topological polar surface area (TPSA) is 54.4 Å². The van der Waals surface area contributed by atoms with Crippen molar-refractivity contribution < 1.29 is 4.79 Å². The second-order valence-corrected chi connectivity index (χ2v) is 4.96. The number of aliphatic imine (C=N–C) groups is 1. The average Bonchev–Trinajstić information content (AvgIpc) is 2.84. The minimum atomic E-state index is -0.161. The Kier molecular flexibility index (Phi) is 2.26. The fourth-order valence-corrected chi connectivity index (χ4v) is 2.58. The third-order valence-electron chi connectivity index (χ3n) is 2.45. The maximum atomic E-state index is 11.3. The predicted molar refractivity (Wildman–Crippen MR) is 69.0 cm³/mol. The summed E-state index contributed by atoms with van der Waals surface area (Å²) < 4.78 is 1.12. The minimum Gasteiger partial charge on any atom is -0.311 e. The van der Waals surface area contributed by atoms with E-state index < -0.39 is 0 Å². The number of nitrogens with one attached hydrogen (secondary N) is 1. The quantitative estimate of drug-likeness (QED) is 0.780. The van der Waals surface area contributed by atoms with Crippen molar-refractivity contribution >= 4 is 39.9 Å². The van der Waals surface area contributed by atoms with Crippen molar-refractivity contribution in [1.29, 1.82) is 0 Å². The summed E-state index contributed by atoms with van der Waals surface area (Å²) in [7, 11) is 0. The zero-order valence-electron chi connectivity index (χ0n) is 9.10. The predicted octanol–water partition coefficient (Wildman–Crippen LogP) is 2.10. The van der Waals surface area contributed by atoms with Gasteiger partial charge in [-0.3, -0.25) is 4.79 Å². The highest BCUT2D eigenvalue weighted by molar-refractivity contribution is 7.18. The lowest BCUT2D eigenvalue weighted by Crippen LogP contribution is -2.14. The number of fused-ring (bicyclic) bond motifs is 1. The number of nitrogens with zero attached hydrogens (tertiary/aromatic N) is 2. The van der Waals surface area contributed by atoms with E-state index in [4.69, 9.17) is 0 Å². The molecule has 2 heterocycles. The molecule has 0 radical (unpaired) electrons. The summed E-state index contributed by atoms with van der Waals surface area (Å²) in [6.07, 6.45) is 3.18. The van der Waals surface area contributed by atoms with Crippen molar-refractivity contribution in [1.82, 2.24) is 10.3 Å². The average molecular weight is 243 g/mol. The molecule has 0 aliphatic carbocycles. The smallest absolute Gasteiger partial charge is 0.275 e. The van der Waals surface area contributed by atoms with E-state index in [0.29, 0.717) is 5.70 Å². The molecule has 4 nitrogen and oxygen atoms in total. The Hall–Kier alpha value is -2.01. The van der Waals surface area contributed by atoms with E-state index in [1.807, 2.05) is 25.1 Å². The number of aryl methyl sites for hydroxylation is 1. The first-order chi connectivity index (χ1) is 8.22. The first kappa shape index (κ1) is 10.2. The maximum Gasteiger partial charge on any atom is 0.275 e. The minimum absolute atomic E-state index is 0.161. The van der Waals surface area contributed by atoms with E-state index in [2.05, 4.69) is 15.3 Å². The van der Waals surface area contributed by atoms with Crippen LogP contribution < -0.4 is 5.32 Å². The van der Waals surface area contributed by atoms with E-state index in [1.54, 1.807) is 17.4 Å². The Bertz CT molecular complexity index is 669. The van der Waals surface area contributed by atoms with Crippen LogP contribution in [0.25, 0.3) is 16.3 Å². The molecule has 0 fully saturated rings. The zero-order chi connectivity index (χ0) is 11.8. The Labute approximate surface area is 102 Å². The van der Waals surface area contributed by atoms with Crippen LogP contribution in [-0.4, -0.2) is 17.2 Å². The largest absolute Gasteiger partial charge is 0.311 e. The molecule has 84 valence electrons. The van der Waals surface area contributed by atoms with Crippen LogP contribution in [0.4, 0.5) is 0 Å². The summed E-state index contributed by atoms with van der Waals surface area (Å²) in [5.41, 5.74) is 2.39. The molecule has 0 atom stereocenters. The molecule has 5 heteroatoms. The molecular weight excluding hydrogens is 234 g/mol. The van der Waals surface area contributed by atoms with Crippen molar-refractivity contribution in [3.8, 4) is 0 Å².